The van der Waals surface area contributed by atoms with Crippen molar-refractivity contribution in [2.75, 3.05) is 12.3 Å². The number of aromatic nitrogens is 1. The summed E-state index contributed by atoms with van der Waals surface area (Å²) in [5.74, 6) is -2.15. The van der Waals surface area contributed by atoms with E-state index in [-0.39, 0.29) is 11.6 Å². The van der Waals surface area contributed by atoms with Crippen molar-refractivity contribution in [2.45, 2.75) is 19.2 Å². The molecule has 11 heteroatoms. The molecule has 6 N–H and O–H groups in total. The van der Waals surface area contributed by atoms with Gasteiger partial charge in [-0.25, -0.2) is 9.78 Å². The van der Waals surface area contributed by atoms with Gasteiger partial charge < -0.3 is 26.4 Å². The van der Waals surface area contributed by atoms with E-state index in [1.54, 1.807) is 24.3 Å². The molecule has 0 unspecified atom stereocenters. The van der Waals surface area contributed by atoms with Crippen molar-refractivity contribution in [1.82, 2.24) is 4.98 Å². The highest BCUT2D eigenvalue weighted by Gasteiger charge is 2.38. The highest BCUT2D eigenvalue weighted by atomic mass is 19.4. The number of carboxylic acids is 1. The normalized spacial score (nSPS) is 10.6. The van der Waals surface area contributed by atoms with Crippen LogP contribution in [0.15, 0.2) is 54.6 Å². The Morgan fingerprint density at radius 1 is 1.15 bits per heavy atom. The Morgan fingerprint density at radius 2 is 1.79 bits per heavy atom. The molecule has 1 aromatic heterocycles. The molecule has 0 atom stereocenters. The molecular formula is C23H21F3N4O4. The number of pyridine rings is 1. The highest BCUT2D eigenvalue weighted by Crippen LogP contribution is 2.38. The number of aliphatic carboxylic acids is 1. The van der Waals surface area contributed by atoms with E-state index in [0.29, 0.717) is 47.7 Å². The average molecular weight is 474 g/mol. The number of alkyl halides is 3. The number of halogens is 3. The Morgan fingerprint density at radius 3 is 2.35 bits per heavy atom. The molecule has 1 heterocycles. The summed E-state index contributed by atoms with van der Waals surface area (Å²) in [7, 11) is 0. The average Bonchev–Trinajstić information content (AvgIpc) is 2.78. The van der Waals surface area contributed by atoms with E-state index < -0.39 is 12.1 Å². The second kappa shape index (κ2) is 11.5. The summed E-state index contributed by atoms with van der Waals surface area (Å²) in [6.45, 7) is 0.717. The van der Waals surface area contributed by atoms with E-state index >= 15 is 0 Å². The zero-order valence-electron chi connectivity index (χ0n) is 17.7. The number of hydrogen-bond donors (Lipinski definition) is 4. The van der Waals surface area contributed by atoms with Crippen LogP contribution in [0.25, 0.3) is 11.3 Å². The Balaban J connectivity index is 0.000000509. The molecule has 2 aromatic carbocycles. The highest BCUT2D eigenvalue weighted by molar-refractivity contribution is 5.76. The van der Waals surface area contributed by atoms with Crippen LogP contribution in [0.5, 0.6) is 11.5 Å². The maximum absolute atomic E-state index is 10.6. The molecule has 0 amide bonds. The van der Waals surface area contributed by atoms with Gasteiger partial charge in [0.2, 0.25) is 0 Å². The molecule has 0 spiro atoms. The van der Waals surface area contributed by atoms with E-state index in [4.69, 9.17) is 26.1 Å². The van der Waals surface area contributed by atoms with Crippen molar-refractivity contribution in [3.8, 4) is 28.8 Å². The van der Waals surface area contributed by atoms with Gasteiger partial charge in [-0.3, -0.25) is 0 Å². The van der Waals surface area contributed by atoms with Gasteiger partial charge in [0.15, 0.2) is 0 Å². The van der Waals surface area contributed by atoms with E-state index in [1.807, 2.05) is 30.3 Å². The number of anilines is 1. The van der Waals surface area contributed by atoms with Crippen LogP contribution in [-0.2, 0) is 17.8 Å². The first-order valence-electron chi connectivity index (χ1n) is 9.77. The Labute approximate surface area is 192 Å². The lowest BCUT2D eigenvalue weighted by Gasteiger charge is -2.15. The molecule has 0 bridgehead atoms. The summed E-state index contributed by atoms with van der Waals surface area (Å²) in [6.07, 6.45) is -4.60. The van der Waals surface area contributed by atoms with Crippen molar-refractivity contribution in [1.29, 1.82) is 5.26 Å². The second-order valence-electron chi connectivity index (χ2n) is 6.80. The van der Waals surface area contributed by atoms with Gasteiger partial charge in [0.25, 0.3) is 0 Å². The summed E-state index contributed by atoms with van der Waals surface area (Å²) in [5.41, 5.74) is 14.5. The van der Waals surface area contributed by atoms with Crippen molar-refractivity contribution < 1.29 is 32.9 Å². The first kappa shape index (κ1) is 26.0. The third-order valence-corrected chi connectivity index (χ3v) is 4.39. The monoisotopic (exact) mass is 474 g/mol. The van der Waals surface area contributed by atoms with E-state index in [0.717, 1.165) is 5.56 Å². The number of phenolic OH excluding ortho intramolecular Hbond substituents is 1. The quantitative estimate of drug-likeness (QED) is 0.422. The minimum Gasteiger partial charge on any atom is -0.507 e. The Bertz CT molecular complexity index is 1180. The van der Waals surface area contributed by atoms with Gasteiger partial charge in [0, 0.05) is 0 Å². The fraction of sp³-hybridized carbons (Fsp3) is 0.174. The summed E-state index contributed by atoms with van der Waals surface area (Å²) >= 11 is 0. The third kappa shape index (κ3) is 6.85. The number of benzene rings is 2. The number of nitrogens with zero attached hydrogens (tertiary/aromatic N) is 2. The topological polar surface area (TPSA) is 155 Å². The minimum atomic E-state index is -5.08. The zero-order valence-corrected chi connectivity index (χ0v) is 17.7. The summed E-state index contributed by atoms with van der Waals surface area (Å²) in [4.78, 5) is 13.2. The molecule has 3 aromatic rings. The van der Waals surface area contributed by atoms with Gasteiger partial charge in [-0.1, -0.05) is 36.4 Å². The number of ether oxygens (including phenoxy) is 1. The predicted molar refractivity (Wildman–Crippen MR) is 118 cm³/mol. The smallest absolute Gasteiger partial charge is 0.490 e. The molecular weight excluding hydrogens is 453 g/mol. The van der Waals surface area contributed by atoms with Gasteiger partial charge in [-0.2, -0.15) is 18.4 Å². The van der Waals surface area contributed by atoms with Gasteiger partial charge in [-0.15, -0.1) is 0 Å². The maximum atomic E-state index is 10.6. The molecule has 8 nitrogen and oxygen atoms in total. The lowest BCUT2D eigenvalue weighted by atomic mass is 10.0. The molecule has 0 fully saturated rings. The van der Waals surface area contributed by atoms with E-state index in [9.17, 15) is 23.5 Å². The molecule has 0 aliphatic heterocycles. The molecule has 3 rings (SSSR count). The van der Waals surface area contributed by atoms with Crippen LogP contribution in [0.4, 0.5) is 19.0 Å². The van der Waals surface area contributed by atoms with Crippen molar-refractivity contribution in [3.63, 3.8) is 0 Å². The lowest BCUT2D eigenvalue weighted by molar-refractivity contribution is -0.192. The number of phenols is 1. The largest absolute Gasteiger partial charge is 0.507 e. The van der Waals surface area contributed by atoms with Crippen LogP contribution in [0, 0.1) is 11.3 Å². The summed E-state index contributed by atoms with van der Waals surface area (Å²) in [5, 5.41) is 26.9. The number of nitrogen functional groups attached to an aromatic ring is 1. The van der Waals surface area contributed by atoms with Crippen molar-refractivity contribution in [3.05, 3.63) is 71.3 Å². The predicted octanol–water partition coefficient (Wildman–Crippen LogP) is 3.62. The zero-order chi connectivity index (χ0) is 25.3. The minimum absolute atomic E-state index is 0.0240. The van der Waals surface area contributed by atoms with Crippen molar-refractivity contribution >= 4 is 11.8 Å². The summed E-state index contributed by atoms with van der Waals surface area (Å²) in [6, 6.07) is 18.5. The second-order valence-corrected chi connectivity index (χ2v) is 6.80. The number of hydrogen-bond acceptors (Lipinski definition) is 7. The van der Waals surface area contributed by atoms with Crippen LogP contribution in [0.1, 0.15) is 16.7 Å². The molecule has 0 saturated heterocycles. The molecule has 178 valence electrons. The van der Waals surface area contributed by atoms with Crippen molar-refractivity contribution in [2.24, 2.45) is 5.73 Å². The third-order valence-electron chi connectivity index (χ3n) is 4.39. The lowest BCUT2D eigenvalue weighted by Crippen LogP contribution is -2.21. The van der Waals surface area contributed by atoms with Gasteiger partial charge in [0.05, 0.1) is 16.8 Å². The first-order valence-corrected chi connectivity index (χ1v) is 9.77. The van der Waals surface area contributed by atoms with Gasteiger partial charge in [-0.05, 0) is 42.3 Å². The molecule has 0 saturated carbocycles. The number of carboxylic acid groups (broad SMARTS) is 1. The number of rotatable bonds is 6. The number of nitrogens with two attached hydrogens (primary N) is 2. The molecule has 0 aliphatic carbocycles. The van der Waals surface area contributed by atoms with Crippen LogP contribution in [0.3, 0.4) is 0 Å². The summed E-state index contributed by atoms with van der Waals surface area (Å²) < 4.78 is 37.7. The number of nitriles is 1. The van der Waals surface area contributed by atoms with Crippen LogP contribution < -0.4 is 16.2 Å². The number of carbonyl (C=O) groups is 1. The van der Waals surface area contributed by atoms with Crippen LogP contribution in [-0.4, -0.2) is 33.9 Å². The first-order chi connectivity index (χ1) is 16.1. The van der Waals surface area contributed by atoms with Gasteiger partial charge >= 0.3 is 12.1 Å². The number of aromatic hydroxyl groups is 1. The Kier molecular flexibility index (Phi) is 8.80. The van der Waals surface area contributed by atoms with Crippen LogP contribution >= 0.6 is 0 Å². The maximum Gasteiger partial charge on any atom is 0.490 e. The van der Waals surface area contributed by atoms with Crippen LogP contribution in [0.2, 0.25) is 0 Å². The SMILES string of the molecule is N#Cc1c(CCN)cc(-c2c(O)cccc2OCc2ccccc2)nc1N.O=C(O)C(F)(F)F. The standard InChI is InChI=1S/C21H20N4O2.C2HF3O2/c22-10-9-15-11-17(25-21(24)16(15)12-23)20-18(26)7-4-8-19(20)27-13-14-5-2-1-3-6-14;3-2(4,5)1(6)7/h1-8,11,26H,9-10,13,22H2,(H2,24,25);(H,6,7). The van der Waals surface area contributed by atoms with E-state index in [1.165, 1.54) is 0 Å². The van der Waals surface area contributed by atoms with E-state index in [2.05, 4.69) is 11.1 Å². The molecule has 34 heavy (non-hydrogen) atoms. The molecule has 0 radical (unpaired) electrons. The molecule has 0 aliphatic rings. The fourth-order valence-corrected chi connectivity index (χ4v) is 2.86. The fourth-order valence-electron chi connectivity index (χ4n) is 2.86. The van der Waals surface area contributed by atoms with Gasteiger partial charge in [0.1, 0.15) is 30.0 Å². The Hall–Kier alpha value is -4.30.